The van der Waals surface area contributed by atoms with Gasteiger partial charge in [-0.25, -0.2) is 4.99 Å². The van der Waals surface area contributed by atoms with E-state index < -0.39 is 0 Å². The average molecular weight is 418 g/mol. The van der Waals surface area contributed by atoms with Crippen molar-refractivity contribution in [3.8, 4) is 0 Å². The second kappa shape index (κ2) is 11.7. The molecule has 0 radical (unpaired) electrons. The molecule has 22 heavy (non-hydrogen) atoms. The highest BCUT2D eigenvalue weighted by Gasteiger charge is 2.06. The number of pyridine rings is 1. The van der Waals surface area contributed by atoms with Crippen LogP contribution in [0.4, 0.5) is 0 Å². The molecule has 0 saturated carbocycles. The number of halogens is 1. The van der Waals surface area contributed by atoms with E-state index in [2.05, 4.69) is 48.3 Å². The van der Waals surface area contributed by atoms with Crippen LogP contribution in [0, 0.1) is 12.8 Å². The second-order valence-electron chi connectivity index (χ2n) is 5.98. The summed E-state index contributed by atoms with van der Waals surface area (Å²) >= 11 is 0. The van der Waals surface area contributed by atoms with Crippen LogP contribution in [-0.2, 0) is 6.54 Å². The third-order valence-electron chi connectivity index (χ3n) is 3.25. The van der Waals surface area contributed by atoms with E-state index in [1.165, 1.54) is 6.42 Å². The number of hydrogen-bond acceptors (Lipinski definition) is 2. The maximum atomic E-state index is 4.62. The monoisotopic (exact) mass is 418 g/mol. The highest BCUT2D eigenvalue weighted by atomic mass is 127. The first-order valence-electron chi connectivity index (χ1n) is 7.98. The highest BCUT2D eigenvalue weighted by molar-refractivity contribution is 14.0. The molecule has 1 aromatic rings. The molecule has 2 N–H and O–H groups in total. The maximum Gasteiger partial charge on any atom is 0.191 e. The zero-order chi connectivity index (χ0) is 15.7. The molecule has 0 saturated heterocycles. The Balaban J connectivity index is 0.00000441. The molecule has 126 valence electrons. The van der Waals surface area contributed by atoms with Crippen LogP contribution in [-0.4, -0.2) is 23.5 Å². The first-order valence-corrected chi connectivity index (χ1v) is 7.98. The second-order valence-corrected chi connectivity index (χ2v) is 5.98. The molecule has 0 aliphatic heterocycles. The van der Waals surface area contributed by atoms with Gasteiger partial charge in [0.05, 0.1) is 12.2 Å². The van der Waals surface area contributed by atoms with E-state index in [0.717, 1.165) is 36.2 Å². The highest BCUT2D eigenvalue weighted by Crippen LogP contribution is 2.06. The van der Waals surface area contributed by atoms with Crippen LogP contribution < -0.4 is 10.6 Å². The van der Waals surface area contributed by atoms with Gasteiger partial charge >= 0.3 is 0 Å². The molecule has 0 aliphatic carbocycles. The minimum absolute atomic E-state index is 0. The Morgan fingerprint density at radius 3 is 2.55 bits per heavy atom. The summed E-state index contributed by atoms with van der Waals surface area (Å²) < 4.78 is 0. The predicted molar refractivity (Wildman–Crippen MR) is 106 cm³/mol. The molecule has 1 heterocycles. The van der Waals surface area contributed by atoms with Gasteiger partial charge in [-0.05, 0) is 51.7 Å². The molecule has 0 amide bonds. The SMILES string of the molecule is CCNC(=NCc1cccc(C)n1)NC(C)CCC(C)C.I. The number of aliphatic imine (C=N–C) groups is 1. The predicted octanol–water partition coefficient (Wildman–Crippen LogP) is 3.89. The van der Waals surface area contributed by atoms with Crippen molar-refractivity contribution < 1.29 is 0 Å². The Hall–Kier alpha value is -0.850. The number of rotatable bonds is 7. The van der Waals surface area contributed by atoms with Gasteiger partial charge < -0.3 is 10.6 Å². The fraction of sp³-hybridized carbons (Fsp3) is 0.647. The lowest BCUT2D eigenvalue weighted by Crippen LogP contribution is -2.42. The molecule has 1 atom stereocenters. The lowest BCUT2D eigenvalue weighted by Gasteiger charge is -2.18. The van der Waals surface area contributed by atoms with E-state index >= 15 is 0 Å². The summed E-state index contributed by atoms with van der Waals surface area (Å²) in [6.45, 7) is 12.3. The molecule has 0 aliphatic rings. The van der Waals surface area contributed by atoms with Crippen LogP contribution in [0.15, 0.2) is 23.2 Å². The Morgan fingerprint density at radius 2 is 1.95 bits per heavy atom. The van der Waals surface area contributed by atoms with E-state index in [-0.39, 0.29) is 24.0 Å². The number of nitrogens with one attached hydrogen (secondary N) is 2. The summed E-state index contributed by atoms with van der Waals surface area (Å²) in [7, 11) is 0. The topological polar surface area (TPSA) is 49.3 Å². The molecule has 1 unspecified atom stereocenters. The molecule has 0 spiro atoms. The van der Waals surface area contributed by atoms with Gasteiger partial charge in [-0.3, -0.25) is 4.98 Å². The molecule has 0 fully saturated rings. The van der Waals surface area contributed by atoms with Gasteiger partial charge in [-0.2, -0.15) is 0 Å². The van der Waals surface area contributed by atoms with E-state index in [1.54, 1.807) is 0 Å². The summed E-state index contributed by atoms with van der Waals surface area (Å²) in [4.78, 5) is 9.11. The number of hydrogen-bond donors (Lipinski definition) is 2. The Morgan fingerprint density at radius 1 is 1.23 bits per heavy atom. The summed E-state index contributed by atoms with van der Waals surface area (Å²) in [5.74, 6) is 1.61. The van der Waals surface area contributed by atoms with E-state index in [9.17, 15) is 0 Å². The van der Waals surface area contributed by atoms with Crippen molar-refractivity contribution in [3.05, 3.63) is 29.6 Å². The first-order chi connectivity index (χ1) is 10.0. The van der Waals surface area contributed by atoms with Crippen molar-refractivity contribution in [2.75, 3.05) is 6.54 Å². The van der Waals surface area contributed by atoms with Gasteiger partial charge in [0.15, 0.2) is 5.96 Å². The summed E-state index contributed by atoms with van der Waals surface area (Å²) in [5.41, 5.74) is 2.04. The smallest absolute Gasteiger partial charge is 0.191 e. The molecule has 0 bridgehead atoms. The van der Waals surface area contributed by atoms with Crippen molar-refractivity contribution in [1.82, 2.24) is 15.6 Å². The van der Waals surface area contributed by atoms with E-state index in [0.29, 0.717) is 12.6 Å². The summed E-state index contributed by atoms with van der Waals surface area (Å²) in [6, 6.07) is 6.47. The van der Waals surface area contributed by atoms with Gasteiger partial charge in [0, 0.05) is 18.3 Å². The molecule has 0 aromatic carbocycles. The van der Waals surface area contributed by atoms with Gasteiger partial charge in [0.2, 0.25) is 0 Å². The molecular weight excluding hydrogens is 387 g/mol. The van der Waals surface area contributed by atoms with Crippen LogP contribution in [0.25, 0.3) is 0 Å². The van der Waals surface area contributed by atoms with Crippen molar-refractivity contribution in [2.45, 2.75) is 60.0 Å². The first kappa shape index (κ1) is 21.1. The lowest BCUT2D eigenvalue weighted by molar-refractivity contribution is 0.489. The van der Waals surface area contributed by atoms with Gasteiger partial charge in [-0.1, -0.05) is 19.9 Å². The third-order valence-corrected chi connectivity index (χ3v) is 3.25. The van der Waals surface area contributed by atoms with Crippen LogP contribution in [0.1, 0.15) is 51.9 Å². The number of aryl methyl sites for hydroxylation is 1. The van der Waals surface area contributed by atoms with Gasteiger partial charge in [0.25, 0.3) is 0 Å². The van der Waals surface area contributed by atoms with Gasteiger partial charge in [0.1, 0.15) is 0 Å². The van der Waals surface area contributed by atoms with Gasteiger partial charge in [-0.15, -0.1) is 24.0 Å². The maximum absolute atomic E-state index is 4.62. The molecular formula is C17H31IN4. The van der Waals surface area contributed by atoms with Crippen molar-refractivity contribution in [3.63, 3.8) is 0 Å². The number of guanidine groups is 1. The van der Waals surface area contributed by atoms with Crippen molar-refractivity contribution >= 4 is 29.9 Å². The third kappa shape index (κ3) is 9.23. The Labute approximate surface area is 152 Å². The Bertz CT molecular complexity index is 446. The number of aromatic nitrogens is 1. The van der Waals surface area contributed by atoms with E-state index in [1.807, 2.05) is 25.1 Å². The normalized spacial score (nSPS) is 12.7. The number of nitrogens with zero attached hydrogens (tertiary/aromatic N) is 2. The summed E-state index contributed by atoms with van der Waals surface area (Å²) in [6.07, 6.45) is 2.39. The zero-order valence-corrected chi connectivity index (χ0v) is 16.8. The lowest BCUT2D eigenvalue weighted by atomic mass is 10.0. The Kier molecular flexibility index (Phi) is 11.2. The largest absolute Gasteiger partial charge is 0.357 e. The summed E-state index contributed by atoms with van der Waals surface area (Å²) in [5, 5.41) is 6.77. The minimum atomic E-state index is 0. The molecule has 4 nitrogen and oxygen atoms in total. The molecule has 1 aromatic heterocycles. The fourth-order valence-electron chi connectivity index (χ4n) is 2.06. The molecule has 1 rings (SSSR count). The van der Waals surface area contributed by atoms with Crippen LogP contribution in [0.2, 0.25) is 0 Å². The molecule has 5 heteroatoms. The van der Waals surface area contributed by atoms with Crippen LogP contribution >= 0.6 is 24.0 Å². The van der Waals surface area contributed by atoms with E-state index in [4.69, 9.17) is 0 Å². The van der Waals surface area contributed by atoms with Crippen molar-refractivity contribution in [1.29, 1.82) is 0 Å². The van der Waals surface area contributed by atoms with Crippen LogP contribution in [0.5, 0.6) is 0 Å². The van der Waals surface area contributed by atoms with Crippen LogP contribution in [0.3, 0.4) is 0 Å². The zero-order valence-electron chi connectivity index (χ0n) is 14.5. The van der Waals surface area contributed by atoms with Crippen molar-refractivity contribution in [2.24, 2.45) is 10.9 Å². The average Bonchev–Trinajstić information content (AvgIpc) is 2.43. The fourth-order valence-corrected chi connectivity index (χ4v) is 2.06. The standard InChI is InChI=1S/C17H30N4.HI/c1-6-18-17(21-15(5)11-10-13(2)3)19-12-16-9-7-8-14(4)20-16;/h7-9,13,15H,6,10-12H2,1-5H3,(H2,18,19,21);1H. The minimum Gasteiger partial charge on any atom is -0.357 e. The quantitative estimate of drug-likeness (QED) is 0.401.